The number of carbonyl (C=O) groups excluding carboxylic acids is 1. The topological polar surface area (TPSA) is 75.6 Å². The van der Waals surface area contributed by atoms with Crippen LogP contribution in [0, 0.1) is 5.41 Å². The molecule has 0 aliphatic carbocycles. The second-order valence-electron chi connectivity index (χ2n) is 6.57. The summed E-state index contributed by atoms with van der Waals surface area (Å²) in [5, 5.41) is 11.6. The molecule has 0 heterocycles. The van der Waals surface area contributed by atoms with Crippen LogP contribution in [0.4, 0.5) is 13.2 Å². The lowest BCUT2D eigenvalue weighted by Gasteiger charge is -2.27. The Morgan fingerprint density at radius 1 is 1.08 bits per heavy atom. The van der Waals surface area contributed by atoms with Crippen molar-refractivity contribution in [2.45, 2.75) is 39.5 Å². The van der Waals surface area contributed by atoms with Gasteiger partial charge in [0, 0.05) is 6.54 Å². The predicted molar refractivity (Wildman–Crippen MR) is 80.6 cm³/mol. The quantitative estimate of drug-likeness (QED) is 0.829. The zero-order valence-corrected chi connectivity index (χ0v) is 13.8. The third-order valence-corrected chi connectivity index (χ3v) is 3.65. The molecule has 0 atom stereocenters. The Balaban J connectivity index is 2.83. The standard InChI is InChI=1S/C16H20F3NO4/c1-14(2,13(22)23)9-20-12(21)15(3,4)10-5-7-11(8-6-10)24-16(17,18)19/h5-8H,9H2,1-4H3,(H,20,21)(H,22,23). The number of alkyl halides is 3. The fourth-order valence-corrected chi connectivity index (χ4v) is 1.80. The molecule has 134 valence electrons. The molecule has 0 spiro atoms. The molecule has 0 aliphatic rings. The molecule has 0 saturated carbocycles. The number of hydrogen-bond acceptors (Lipinski definition) is 3. The van der Waals surface area contributed by atoms with E-state index in [-0.39, 0.29) is 12.3 Å². The summed E-state index contributed by atoms with van der Waals surface area (Å²) >= 11 is 0. The van der Waals surface area contributed by atoms with Gasteiger partial charge in [0.15, 0.2) is 0 Å². The predicted octanol–water partition coefficient (Wildman–Crippen LogP) is 3.09. The van der Waals surface area contributed by atoms with Gasteiger partial charge in [-0.1, -0.05) is 12.1 Å². The molecule has 5 nitrogen and oxygen atoms in total. The SMILES string of the molecule is CC(C)(CNC(=O)C(C)(C)c1ccc(OC(F)(F)F)cc1)C(=O)O. The third kappa shape index (κ3) is 5.14. The van der Waals surface area contributed by atoms with Crippen molar-refractivity contribution in [1.29, 1.82) is 0 Å². The molecule has 0 aliphatic heterocycles. The number of amides is 1. The largest absolute Gasteiger partial charge is 0.573 e. The van der Waals surface area contributed by atoms with Crippen molar-refractivity contribution in [3.63, 3.8) is 0 Å². The average Bonchev–Trinajstić information content (AvgIpc) is 2.43. The summed E-state index contributed by atoms with van der Waals surface area (Å²) in [6, 6.07) is 4.98. The van der Waals surface area contributed by atoms with Gasteiger partial charge in [-0.25, -0.2) is 0 Å². The van der Waals surface area contributed by atoms with Crippen molar-refractivity contribution in [1.82, 2.24) is 5.32 Å². The molecule has 0 bridgehead atoms. The van der Waals surface area contributed by atoms with Gasteiger partial charge < -0.3 is 15.2 Å². The lowest BCUT2D eigenvalue weighted by atomic mass is 9.83. The molecular weight excluding hydrogens is 327 g/mol. The van der Waals surface area contributed by atoms with Crippen molar-refractivity contribution in [3.8, 4) is 5.75 Å². The monoisotopic (exact) mass is 347 g/mol. The number of benzene rings is 1. The number of ether oxygens (including phenoxy) is 1. The number of rotatable bonds is 6. The highest BCUT2D eigenvalue weighted by molar-refractivity contribution is 5.88. The van der Waals surface area contributed by atoms with Crippen LogP contribution in [0.3, 0.4) is 0 Å². The highest BCUT2D eigenvalue weighted by Crippen LogP contribution is 2.28. The molecule has 1 rings (SSSR count). The first-order valence-electron chi connectivity index (χ1n) is 7.14. The van der Waals surface area contributed by atoms with Gasteiger partial charge in [-0.3, -0.25) is 9.59 Å². The molecule has 0 saturated heterocycles. The fourth-order valence-electron chi connectivity index (χ4n) is 1.80. The minimum absolute atomic E-state index is 0.0696. The summed E-state index contributed by atoms with van der Waals surface area (Å²) in [5.41, 5.74) is -1.70. The molecule has 0 aromatic heterocycles. The minimum Gasteiger partial charge on any atom is -0.481 e. The lowest BCUT2D eigenvalue weighted by Crippen LogP contribution is -2.45. The Labute approximate surface area is 137 Å². The smallest absolute Gasteiger partial charge is 0.481 e. The van der Waals surface area contributed by atoms with Gasteiger partial charge in [0.1, 0.15) is 5.75 Å². The number of halogens is 3. The molecule has 1 amide bonds. The van der Waals surface area contributed by atoms with Gasteiger partial charge in [0.05, 0.1) is 10.8 Å². The van der Waals surface area contributed by atoms with Gasteiger partial charge in [-0.05, 0) is 45.4 Å². The summed E-state index contributed by atoms with van der Waals surface area (Å²) in [7, 11) is 0. The first-order chi connectivity index (χ1) is 10.8. The Morgan fingerprint density at radius 3 is 2.00 bits per heavy atom. The van der Waals surface area contributed by atoms with Crippen LogP contribution < -0.4 is 10.1 Å². The number of carbonyl (C=O) groups is 2. The van der Waals surface area contributed by atoms with Crippen LogP contribution in [-0.4, -0.2) is 29.9 Å². The molecule has 8 heteroatoms. The fraction of sp³-hybridized carbons (Fsp3) is 0.500. The third-order valence-electron chi connectivity index (χ3n) is 3.65. The van der Waals surface area contributed by atoms with Crippen LogP contribution in [0.1, 0.15) is 33.3 Å². The van der Waals surface area contributed by atoms with Crippen molar-refractivity contribution >= 4 is 11.9 Å². The number of carboxylic acid groups (broad SMARTS) is 1. The van der Waals surface area contributed by atoms with Crippen LogP contribution >= 0.6 is 0 Å². The maximum Gasteiger partial charge on any atom is 0.573 e. The van der Waals surface area contributed by atoms with Gasteiger partial charge >= 0.3 is 12.3 Å². The number of hydrogen-bond donors (Lipinski definition) is 2. The Bertz CT molecular complexity index is 607. The van der Waals surface area contributed by atoms with E-state index in [0.717, 1.165) is 12.1 Å². The molecule has 0 unspecified atom stereocenters. The highest BCUT2D eigenvalue weighted by Gasteiger charge is 2.34. The van der Waals surface area contributed by atoms with Crippen LogP contribution in [-0.2, 0) is 15.0 Å². The zero-order chi connectivity index (χ0) is 18.8. The first-order valence-corrected chi connectivity index (χ1v) is 7.14. The van der Waals surface area contributed by atoms with E-state index in [1.54, 1.807) is 13.8 Å². The maximum atomic E-state index is 12.3. The summed E-state index contributed by atoms with van der Waals surface area (Å²) in [4.78, 5) is 23.4. The molecule has 2 N–H and O–H groups in total. The van der Waals surface area contributed by atoms with E-state index >= 15 is 0 Å². The van der Waals surface area contributed by atoms with Crippen LogP contribution in [0.25, 0.3) is 0 Å². The van der Waals surface area contributed by atoms with E-state index in [1.165, 1.54) is 26.0 Å². The molecule has 0 fully saturated rings. The van der Waals surface area contributed by atoms with E-state index in [4.69, 9.17) is 5.11 Å². The number of aliphatic carboxylic acids is 1. The van der Waals surface area contributed by atoms with Gasteiger partial charge in [0.25, 0.3) is 0 Å². The first kappa shape index (κ1) is 19.8. The summed E-state index contributed by atoms with van der Waals surface area (Å²) in [6.07, 6.45) is -4.78. The number of carboxylic acids is 1. The summed E-state index contributed by atoms with van der Waals surface area (Å²) in [5.74, 6) is -1.86. The Morgan fingerprint density at radius 2 is 1.58 bits per heavy atom. The summed E-state index contributed by atoms with van der Waals surface area (Å²) < 4.78 is 40.2. The molecule has 1 aromatic carbocycles. The average molecular weight is 347 g/mol. The lowest BCUT2D eigenvalue weighted by molar-refractivity contribution is -0.274. The van der Waals surface area contributed by atoms with Crippen molar-refractivity contribution in [2.75, 3.05) is 6.54 Å². The van der Waals surface area contributed by atoms with Gasteiger partial charge in [-0.15, -0.1) is 13.2 Å². The minimum atomic E-state index is -4.78. The maximum absolute atomic E-state index is 12.3. The van der Waals surface area contributed by atoms with E-state index < -0.39 is 29.1 Å². The molecule has 24 heavy (non-hydrogen) atoms. The summed E-state index contributed by atoms with van der Waals surface area (Å²) in [6.45, 7) is 6.07. The van der Waals surface area contributed by atoms with Crippen LogP contribution in [0.5, 0.6) is 5.75 Å². The second-order valence-corrected chi connectivity index (χ2v) is 6.57. The molecular formula is C16H20F3NO4. The molecule has 1 aromatic rings. The molecule has 0 radical (unpaired) electrons. The van der Waals surface area contributed by atoms with Crippen molar-refractivity contribution < 1.29 is 32.6 Å². The Hall–Kier alpha value is -2.25. The number of nitrogens with one attached hydrogen (secondary N) is 1. The van der Waals surface area contributed by atoms with Gasteiger partial charge in [-0.2, -0.15) is 0 Å². The van der Waals surface area contributed by atoms with Crippen molar-refractivity contribution in [2.24, 2.45) is 5.41 Å². The zero-order valence-electron chi connectivity index (χ0n) is 13.8. The van der Waals surface area contributed by atoms with Crippen LogP contribution in [0.2, 0.25) is 0 Å². The van der Waals surface area contributed by atoms with Crippen LogP contribution in [0.15, 0.2) is 24.3 Å². The van der Waals surface area contributed by atoms with E-state index in [2.05, 4.69) is 10.1 Å². The van der Waals surface area contributed by atoms with Crippen molar-refractivity contribution in [3.05, 3.63) is 29.8 Å². The van der Waals surface area contributed by atoms with Gasteiger partial charge in [0.2, 0.25) is 5.91 Å². The van der Waals surface area contributed by atoms with E-state index in [1.807, 2.05) is 0 Å². The van der Waals surface area contributed by atoms with E-state index in [0.29, 0.717) is 5.56 Å². The highest BCUT2D eigenvalue weighted by atomic mass is 19.4. The van der Waals surface area contributed by atoms with E-state index in [9.17, 15) is 22.8 Å². The Kier molecular flexibility index (Phi) is 5.53. The second kappa shape index (κ2) is 6.70. The normalized spacial score (nSPS) is 12.6.